The molecule has 1 aromatic heterocycles. The topological polar surface area (TPSA) is 17.8 Å². The van der Waals surface area contributed by atoms with Crippen molar-refractivity contribution in [1.29, 1.82) is 0 Å². The second-order valence-corrected chi connectivity index (χ2v) is 6.83. The van der Waals surface area contributed by atoms with Gasteiger partial charge in [0.15, 0.2) is 0 Å². The highest BCUT2D eigenvalue weighted by atomic mass is 79.9. The Kier molecular flexibility index (Phi) is 4.26. The Hall–Kier alpha value is -0.540. The number of hydrogen-bond donors (Lipinski definition) is 0. The summed E-state index contributed by atoms with van der Waals surface area (Å²) in [5, 5.41) is -0.0939. The summed E-state index contributed by atoms with van der Waals surface area (Å²) in [7, 11) is 0. The van der Waals surface area contributed by atoms with Crippen LogP contribution in [0.2, 0.25) is 0 Å². The van der Waals surface area contributed by atoms with Crippen molar-refractivity contribution in [2.24, 2.45) is 0 Å². The number of aromatic nitrogens is 2. The maximum absolute atomic E-state index is 6.34. The van der Waals surface area contributed by atoms with Gasteiger partial charge in [0.2, 0.25) is 0 Å². The van der Waals surface area contributed by atoms with Crippen molar-refractivity contribution in [1.82, 2.24) is 9.55 Å². The monoisotopic (exact) mass is 342 g/mol. The largest absolute Gasteiger partial charge is 0.321 e. The van der Waals surface area contributed by atoms with Gasteiger partial charge in [0.05, 0.1) is 16.4 Å². The van der Waals surface area contributed by atoms with Gasteiger partial charge in [-0.2, -0.15) is 0 Å². The Morgan fingerprint density at radius 1 is 1.37 bits per heavy atom. The lowest BCUT2D eigenvalue weighted by Crippen LogP contribution is -2.30. The molecule has 0 radical (unpaired) electrons. The van der Waals surface area contributed by atoms with Crippen LogP contribution in [0, 0.1) is 0 Å². The van der Waals surface area contributed by atoms with E-state index in [1.165, 1.54) is 0 Å². The Morgan fingerprint density at radius 2 is 2.00 bits per heavy atom. The SMILES string of the molecule is CCC(C)(CC)n1c(C(C)Cl)nc2cc(Br)ccc21. The molecule has 0 aliphatic heterocycles. The van der Waals surface area contributed by atoms with Crippen LogP contribution in [0.15, 0.2) is 22.7 Å². The van der Waals surface area contributed by atoms with Gasteiger partial charge in [0, 0.05) is 10.0 Å². The first-order valence-corrected chi connectivity index (χ1v) is 7.98. The summed E-state index contributed by atoms with van der Waals surface area (Å²) < 4.78 is 3.38. The molecule has 0 spiro atoms. The van der Waals surface area contributed by atoms with Crippen LogP contribution in [0.1, 0.15) is 51.7 Å². The smallest absolute Gasteiger partial charge is 0.128 e. The van der Waals surface area contributed by atoms with E-state index in [2.05, 4.69) is 59.5 Å². The minimum Gasteiger partial charge on any atom is -0.321 e. The quantitative estimate of drug-likeness (QED) is 0.657. The van der Waals surface area contributed by atoms with Gasteiger partial charge >= 0.3 is 0 Å². The highest BCUT2D eigenvalue weighted by Crippen LogP contribution is 2.35. The Balaban J connectivity index is 2.79. The van der Waals surface area contributed by atoms with Crippen molar-refractivity contribution < 1.29 is 0 Å². The first-order chi connectivity index (χ1) is 8.92. The van der Waals surface area contributed by atoms with E-state index in [9.17, 15) is 0 Å². The number of halogens is 2. The van der Waals surface area contributed by atoms with Gasteiger partial charge in [-0.05, 0) is 44.9 Å². The zero-order chi connectivity index (χ0) is 14.2. The highest BCUT2D eigenvalue weighted by Gasteiger charge is 2.28. The minimum atomic E-state index is -0.0939. The fourth-order valence-corrected chi connectivity index (χ4v) is 2.97. The maximum Gasteiger partial charge on any atom is 0.128 e. The van der Waals surface area contributed by atoms with Crippen LogP contribution in [-0.4, -0.2) is 9.55 Å². The molecular formula is C15H20BrClN2. The van der Waals surface area contributed by atoms with E-state index >= 15 is 0 Å². The zero-order valence-electron chi connectivity index (χ0n) is 11.9. The van der Waals surface area contributed by atoms with Crippen molar-refractivity contribution in [3.8, 4) is 0 Å². The van der Waals surface area contributed by atoms with Crippen LogP contribution in [0.3, 0.4) is 0 Å². The van der Waals surface area contributed by atoms with Gasteiger partial charge in [-0.3, -0.25) is 0 Å². The summed E-state index contributed by atoms with van der Waals surface area (Å²) in [5.74, 6) is 0.959. The molecular weight excluding hydrogens is 324 g/mol. The van der Waals surface area contributed by atoms with E-state index in [-0.39, 0.29) is 10.9 Å². The number of imidazole rings is 1. The van der Waals surface area contributed by atoms with Gasteiger partial charge in [0.1, 0.15) is 5.82 Å². The van der Waals surface area contributed by atoms with E-state index in [4.69, 9.17) is 16.6 Å². The van der Waals surface area contributed by atoms with E-state index in [0.717, 1.165) is 34.2 Å². The minimum absolute atomic E-state index is 0.0566. The van der Waals surface area contributed by atoms with Gasteiger partial charge in [-0.15, -0.1) is 11.6 Å². The number of benzene rings is 1. The van der Waals surface area contributed by atoms with Crippen molar-refractivity contribution in [2.75, 3.05) is 0 Å². The summed E-state index contributed by atoms with van der Waals surface area (Å²) in [5.41, 5.74) is 2.23. The third-order valence-electron chi connectivity index (χ3n) is 4.06. The van der Waals surface area contributed by atoms with E-state index in [1.807, 2.05) is 6.92 Å². The van der Waals surface area contributed by atoms with Crippen LogP contribution in [0.25, 0.3) is 11.0 Å². The molecule has 19 heavy (non-hydrogen) atoms. The third kappa shape index (κ3) is 2.55. The average molecular weight is 344 g/mol. The van der Waals surface area contributed by atoms with Crippen LogP contribution in [0.4, 0.5) is 0 Å². The molecule has 1 aromatic carbocycles. The molecule has 0 amide bonds. The first kappa shape index (κ1) is 14.9. The second kappa shape index (κ2) is 5.45. The lowest BCUT2D eigenvalue weighted by atomic mass is 9.94. The van der Waals surface area contributed by atoms with Crippen molar-refractivity contribution in [2.45, 2.75) is 51.5 Å². The van der Waals surface area contributed by atoms with Gasteiger partial charge < -0.3 is 4.57 Å². The summed E-state index contributed by atoms with van der Waals surface area (Å²) >= 11 is 9.85. The molecule has 0 saturated heterocycles. The second-order valence-electron chi connectivity index (χ2n) is 5.26. The number of alkyl halides is 1. The van der Waals surface area contributed by atoms with Gasteiger partial charge in [0.25, 0.3) is 0 Å². The number of nitrogens with zero attached hydrogens (tertiary/aromatic N) is 2. The predicted molar refractivity (Wildman–Crippen MR) is 85.9 cm³/mol. The molecule has 0 bridgehead atoms. The normalized spacial score (nSPS) is 14.0. The van der Waals surface area contributed by atoms with Crippen LogP contribution >= 0.6 is 27.5 Å². The number of fused-ring (bicyclic) bond motifs is 1. The predicted octanol–water partition coefficient (Wildman–Crippen LogP) is 5.63. The molecule has 0 fully saturated rings. The summed E-state index contributed by atoms with van der Waals surface area (Å²) in [6, 6.07) is 6.24. The van der Waals surface area contributed by atoms with Crippen LogP contribution in [-0.2, 0) is 5.54 Å². The van der Waals surface area contributed by atoms with Crippen molar-refractivity contribution >= 4 is 38.6 Å². The molecule has 0 aliphatic carbocycles. The van der Waals surface area contributed by atoms with E-state index in [1.54, 1.807) is 0 Å². The fourth-order valence-electron chi connectivity index (χ4n) is 2.47. The first-order valence-electron chi connectivity index (χ1n) is 6.75. The van der Waals surface area contributed by atoms with E-state index < -0.39 is 0 Å². The summed E-state index contributed by atoms with van der Waals surface area (Å²) in [4.78, 5) is 4.74. The Bertz CT molecular complexity index is 585. The van der Waals surface area contributed by atoms with Crippen molar-refractivity contribution in [3.05, 3.63) is 28.5 Å². The third-order valence-corrected chi connectivity index (χ3v) is 4.75. The molecule has 1 heterocycles. The lowest BCUT2D eigenvalue weighted by Gasteiger charge is -2.32. The van der Waals surface area contributed by atoms with Gasteiger partial charge in [-0.25, -0.2) is 4.98 Å². The molecule has 0 saturated carbocycles. The van der Waals surface area contributed by atoms with Gasteiger partial charge in [-0.1, -0.05) is 29.8 Å². The standard InChI is InChI=1S/C15H20BrClN2/c1-5-15(4,6-2)19-13-8-7-11(16)9-12(13)18-14(19)10(3)17/h7-10H,5-6H2,1-4H3. The highest BCUT2D eigenvalue weighted by molar-refractivity contribution is 9.10. The Morgan fingerprint density at radius 3 is 2.53 bits per heavy atom. The average Bonchev–Trinajstić information content (AvgIpc) is 2.77. The molecule has 1 unspecified atom stereocenters. The van der Waals surface area contributed by atoms with Crippen molar-refractivity contribution in [3.63, 3.8) is 0 Å². The molecule has 1 atom stereocenters. The zero-order valence-corrected chi connectivity index (χ0v) is 14.2. The molecule has 2 nitrogen and oxygen atoms in total. The van der Waals surface area contributed by atoms with Crippen LogP contribution < -0.4 is 0 Å². The number of rotatable bonds is 4. The molecule has 0 N–H and O–H groups in total. The summed E-state index contributed by atoms with van der Waals surface area (Å²) in [6.45, 7) is 8.70. The van der Waals surface area contributed by atoms with Crippen LogP contribution in [0.5, 0.6) is 0 Å². The molecule has 2 aromatic rings. The number of hydrogen-bond acceptors (Lipinski definition) is 1. The molecule has 104 valence electrons. The molecule has 4 heteroatoms. The lowest BCUT2D eigenvalue weighted by molar-refractivity contribution is 0.293. The fraction of sp³-hybridized carbons (Fsp3) is 0.533. The maximum atomic E-state index is 6.34. The molecule has 0 aliphatic rings. The summed E-state index contributed by atoms with van der Waals surface area (Å²) in [6.07, 6.45) is 2.11. The van der Waals surface area contributed by atoms with E-state index in [0.29, 0.717) is 0 Å². The molecule has 2 rings (SSSR count). The Labute approximate surface area is 128 Å².